The quantitative estimate of drug-likeness (QED) is 0.306. The number of nitrogens with zero attached hydrogens (tertiary/aromatic N) is 4. The maximum atomic E-state index is 10.1. The zero-order valence-electron chi connectivity index (χ0n) is 15.1. The minimum Gasteiger partial charge on any atom is -0.425 e. The summed E-state index contributed by atoms with van der Waals surface area (Å²) in [6, 6.07) is 24.9. The van der Waals surface area contributed by atoms with Crippen molar-refractivity contribution < 1.29 is 34.7 Å². The number of carboxylic acid groups (broad SMARTS) is 1. The number of carbonyl (C=O) groups is 1. The third kappa shape index (κ3) is 5.67. The van der Waals surface area contributed by atoms with Gasteiger partial charge in [0.05, 0.1) is 11.9 Å². The molecule has 6 nitrogen and oxygen atoms in total. The molecule has 0 aliphatic rings. The molecule has 2 heterocycles. The van der Waals surface area contributed by atoms with Crippen molar-refractivity contribution in [2.45, 2.75) is 6.92 Å². The monoisotopic (exact) mass is 551 g/mol. The van der Waals surface area contributed by atoms with Crippen molar-refractivity contribution in [3.63, 3.8) is 0 Å². The van der Waals surface area contributed by atoms with E-state index in [-0.39, 0.29) is 20.1 Å². The third-order valence-electron chi connectivity index (χ3n) is 3.68. The Morgan fingerprint density at radius 2 is 1.82 bits per heavy atom. The van der Waals surface area contributed by atoms with Crippen LogP contribution >= 0.6 is 0 Å². The number of hydrogen-bond acceptors (Lipinski definition) is 3. The van der Waals surface area contributed by atoms with E-state index in [0.29, 0.717) is 0 Å². The van der Waals surface area contributed by atoms with E-state index in [1.807, 2.05) is 54.2 Å². The fourth-order valence-corrected chi connectivity index (χ4v) is 2.36. The van der Waals surface area contributed by atoms with Gasteiger partial charge in [-0.05, 0) is 24.7 Å². The summed E-state index contributed by atoms with van der Waals surface area (Å²) in [5, 5.41) is 16.1. The second-order valence-electron chi connectivity index (χ2n) is 5.66. The molecule has 0 bridgehead atoms. The summed E-state index contributed by atoms with van der Waals surface area (Å²) in [7, 11) is 0. The van der Waals surface area contributed by atoms with Gasteiger partial charge in [-0.25, -0.2) is 0 Å². The van der Waals surface area contributed by atoms with Gasteiger partial charge in [0.2, 0.25) is 6.20 Å². The Kier molecular flexibility index (Phi) is 7.75. The molecule has 1 radical (unpaired) electrons. The molecule has 0 aliphatic heterocycles. The normalized spacial score (nSPS) is 9.61. The van der Waals surface area contributed by atoms with Crippen molar-refractivity contribution in [1.29, 1.82) is 0 Å². The van der Waals surface area contributed by atoms with Crippen LogP contribution in [0.4, 0.5) is 4.79 Å². The van der Waals surface area contributed by atoms with E-state index >= 15 is 0 Å². The zero-order valence-corrected chi connectivity index (χ0v) is 17.5. The van der Waals surface area contributed by atoms with Crippen molar-refractivity contribution in [3.8, 4) is 16.8 Å². The SMILES string of the molecule is Cc1ccn(-c2[c-]cc(-c3ccccc3)cc2)n1.O=C(O)[n+]1ccccn1.[Ir]. The molecule has 0 unspecified atom stereocenters. The molecule has 28 heavy (non-hydrogen) atoms. The van der Waals surface area contributed by atoms with Gasteiger partial charge in [0.1, 0.15) is 0 Å². The smallest absolute Gasteiger partial charge is 0.425 e. The van der Waals surface area contributed by atoms with Crippen molar-refractivity contribution >= 4 is 6.09 Å². The van der Waals surface area contributed by atoms with E-state index < -0.39 is 6.09 Å². The van der Waals surface area contributed by atoms with E-state index in [0.717, 1.165) is 16.1 Å². The summed E-state index contributed by atoms with van der Waals surface area (Å²) in [5.74, 6) is 0. The van der Waals surface area contributed by atoms with Gasteiger partial charge in [0, 0.05) is 42.1 Å². The van der Waals surface area contributed by atoms with Crippen LogP contribution in [0.2, 0.25) is 0 Å². The molecule has 2 aromatic heterocycles. The molecular weight excluding hydrogens is 532 g/mol. The molecular formula is C21H18IrN4O2. The van der Waals surface area contributed by atoms with Crippen LogP contribution in [0.1, 0.15) is 5.69 Å². The molecule has 0 aliphatic carbocycles. The van der Waals surface area contributed by atoms with Gasteiger partial charge in [0.15, 0.2) is 0 Å². The van der Waals surface area contributed by atoms with Crippen molar-refractivity contribution in [1.82, 2.24) is 14.9 Å². The van der Waals surface area contributed by atoms with Crippen LogP contribution < -0.4 is 4.68 Å². The predicted molar refractivity (Wildman–Crippen MR) is 100 cm³/mol. The molecule has 4 rings (SSSR count). The summed E-state index contributed by atoms with van der Waals surface area (Å²) >= 11 is 0. The topological polar surface area (TPSA) is 71.9 Å². The van der Waals surface area contributed by atoms with Crippen molar-refractivity contribution in [2.75, 3.05) is 0 Å². The molecule has 0 saturated heterocycles. The first-order chi connectivity index (χ1) is 13.1. The number of aryl methyl sites for hydroxylation is 1. The van der Waals surface area contributed by atoms with Gasteiger partial charge in [-0.1, -0.05) is 35.9 Å². The van der Waals surface area contributed by atoms with Gasteiger partial charge in [-0.15, -0.1) is 11.6 Å². The summed E-state index contributed by atoms with van der Waals surface area (Å²) in [6.45, 7) is 1.98. The molecule has 0 amide bonds. The summed E-state index contributed by atoms with van der Waals surface area (Å²) < 4.78 is 2.67. The number of rotatable bonds is 2. The van der Waals surface area contributed by atoms with Crippen molar-refractivity contribution in [2.24, 2.45) is 0 Å². The molecule has 0 atom stereocenters. The summed E-state index contributed by atoms with van der Waals surface area (Å²) in [4.78, 5) is 10.1. The largest absolute Gasteiger partial charge is 0.625 e. The van der Waals surface area contributed by atoms with Crippen LogP contribution in [-0.4, -0.2) is 26.1 Å². The Labute approximate surface area is 176 Å². The molecule has 2 aromatic carbocycles. The first kappa shape index (κ1) is 21.2. The van der Waals surface area contributed by atoms with E-state index in [1.165, 1.54) is 23.5 Å². The molecule has 0 spiro atoms. The van der Waals surface area contributed by atoms with E-state index in [4.69, 9.17) is 5.11 Å². The molecule has 143 valence electrons. The Bertz CT molecular complexity index is 1000. The Balaban J connectivity index is 0.000000239. The minimum atomic E-state index is -1.07. The Morgan fingerprint density at radius 1 is 1.04 bits per heavy atom. The fraction of sp³-hybridized carbons (Fsp3) is 0.0476. The second kappa shape index (κ2) is 10.3. The van der Waals surface area contributed by atoms with E-state index in [1.54, 1.807) is 12.1 Å². The average Bonchev–Trinajstić information content (AvgIpc) is 3.16. The van der Waals surface area contributed by atoms with Crippen LogP contribution in [0.25, 0.3) is 16.8 Å². The second-order valence-corrected chi connectivity index (χ2v) is 5.66. The van der Waals surface area contributed by atoms with Gasteiger partial charge >= 0.3 is 6.09 Å². The number of hydrogen-bond donors (Lipinski definition) is 1. The molecule has 1 N–H and O–H groups in total. The zero-order chi connectivity index (χ0) is 19.1. The van der Waals surface area contributed by atoms with Gasteiger partial charge < -0.3 is 5.11 Å². The van der Waals surface area contributed by atoms with Gasteiger partial charge in [0.25, 0.3) is 0 Å². The maximum Gasteiger partial charge on any atom is 0.625 e. The average molecular weight is 551 g/mol. The van der Waals surface area contributed by atoms with Gasteiger partial charge in [-0.3, -0.25) is 4.68 Å². The third-order valence-corrected chi connectivity index (χ3v) is 3.68. The Morgan fingerprint density at radius 3 is 2.32 bits per heavy atom. The first-order valence-corrected chi connectivity index (χ1v) is 8.29. The fourth-order valence-electron chi connectivity index (χ4n) is 2.36. The first-order valence-electron chi connectivity index (χ1n) is 8.29. The standard InChI is InChI=1S/C16H13N2.C5H4N2O2.Ir/c1-13-11-12-18(17-13)16-9-7-15(8-10-16)14-5-3-2-4-6-14;8-5(9)7-4-2-1-3-6-7;/h2-9,11-12H,1H3;1-4H;/q-1;;/p+1. The van der Waals surface area contributed by atoms with Crippen LogP contribution in [0, 0.1) is 13.0 Å². The van der Waals surface area contributed by atoms with Crippen LogP contribution in [0.3, 0.4) is 0 Å². The molecule has 0 fully saturated rings. The summed E-state index contributed by atoms with van der Waals surface area (Å²) in [5.41, 5.74) is 4.35. The number of aromatic nitrogens is 4. The van der Waals surface area contributed by atoms with Crippen LogP contribution in [-0.2, 0) is 20.1 Å². The Hall–Kier alpha value is -3.15. The minimum absolute atomic E-state index is 0. The molecule has 0 saturated carbocycles. The molecule has 4 aromatic rings. The van der Waals surface area contributed by atoms with Crippen molar-refractivity contribution in [3.05, 3.63) is 97.1 Å². The van der Waals surface area contributed by atoms with Crippen LogP contribution in [0.15, 0.2) is 85.3 Å². The van der Waals surface area contributed by atoms with Gasteiger partial charge in [-0.2, -0.15) is 28.1 Å². The van der Waals surface area contributed by atoms with E-state index in [9.17, 15) is 4.79 Å². The number of benzene rings is 2. The van der Waals surface area contributed by atoms with E-state index in [2.05, 4.69) is 34.5 Å². The molecule has 7 heteroatoms. The predicted octanol–water partition coefficient (Wildman–Crippen LogP) is 3.54. The summed E-state index contributed by atoms with van der Waals surface area (Å²) in [6.07, 6.45) is 3.65. The van der Waals surface area contributed by atoms with Crippen LogP contribution in [0.5, 0.6) is 0 Å². The maximum absolute atomic E-state index is 10.1.